The van der Waals surface area contributed by atoms with Crippen LogP contribution in [-0.4, -0.2) is 78.1 Å². The van der Waals surface area contributed by atoms with E-state index in [0.29, 0.717) is 26.2 Å². The van der Waals surface area contributed by atoms with Gasteiger partial charge in [-0.05, 0) is 63.1 Å². The molecule has 0 saturated carbocycles. The van der Waals surface area contributed by atoms with Crippen LogP contribution in [0.3, 0.4) is 0 Å². The minimum absolute atomic E-state index is 0.0686. The smallest absolute Gasteiger partial charge is 0.315 e. The van der Waals surface area contributed by atoms with Crippen LogP contribution < -0.4 is 0 Å². The van der Waals surface area contributed by atoms with E-state index in [1.165, 1.54) is 9.80 Å². The van der Waals surface area contributed by atoms with Crippen LogP contribution >= 0.6 is 0 Å². The van der Waals surface area contributed by atoms with Crippen LogP contribution in [0.15, 0.2) is 35.4 Å². The monoisotopic (exact) mass is 610 g/mol. The van der Waals surface area contributed by atoms with Crippen LogP contribution in [0.25, 0.3) is 12.2 Å². The molecule has 0 atom stereocenters. The van der Waals surface area contributed by atoms with Crippen LogP contribution in [-0.2, 0) is 9.59 Å². The second-order valence-corrected chi connectivity index (χ2v) is 8.62. The Kier molecular flexibility index (Phi) is 13.3. The molecular weight excluding hydrogens is 580 g/mol. The van der Waals surface area contributed by atoms with E-state index in [4.69, 9.17) is 10.5 Å². The Balaban J connectivity index is 0.000000440. The second-order valence-electron chi connectivity index (χ2n) is 8.62. The summed E-state index contributed by atoms with van der Waals surface area (Å²) in [6.45, 7) is 8.68. The predicted octanol–water partition coefficient (Wildman–Crippen LogP) is 3.56. The highest BCUT2D eigenvalue weighted by Crippen LogP contribution is 2.37. The summed E-state index contributed by atoms with van der Waals surface area (Å²) in [6, 6.07) is 7.50. The van der Waals surface area contributed by atoms with E-state index in [-0.39, 0.29) is 22.3 Å². The fourth-order valence-corrected chi connectivity index (χ4v) is 3.68. The van der Waals surface area contributed by atoms with Crippen molar-refractivity contribution in [2.45, 2.75) is 27.7 Å². The van der Waals surface area contributed by atoms with Gasteiger partial charge in [0.2, 0.25) is 11.5 Å². The van der Waals surface area contributed by atoms with E-state index in [1.54, 1.807) is 39.8 Å². The average molecular weight is 611 g/mol. The second kappa shape index (κ2) is 16.3. The molecular formula is C28H30N6O10. The summed E-state index contributed by atoms with van der Waals surface area (Å²) >= 11 is 0. The number of phenolic OH excluding ortho intramolecular Hbond substituents is 4. The largest absolute Gasteiger partial charge is 0.504 e. The van der Waals surface area contributed by atoms with Gasteiger partial charge in [-0.3, -0.25) is 29.8 Å². The van der Waals surface area contributed by atoms with Crippen molar-refractivity contribution in [1.29, 1.82) is 10.5 Å². The molecule has 0 saturated heterocycles. The number of phenols is 4. The summed E-state index contributed by atoms with van der Waals surface area (Å²) < 4.78 is 0. The number of nitriles is 2. The summed E-state index contributed by atoms with van der Waals surface area (Å²) in [7, 11) is 0. The lowest BCUT2D eigenvalue weighted by Gasteiger charge is -2.17. The van der Waals surface area contributed by atoms with Gasteiger partial charge in [-0.15, -0.1) is 0 Å². The number of rotatable bonds is 10. The van der Waals surface area contributed by atoms with Crippen LogP contribution in [0.4, 0.5) is 11.4 Å². The van der Waals surface area contributed by atoms with E-state index in [9.17, 15) is 50.2 Å². The molecule has 0 heterocycles. The molecule has 4 N–H and O–H groups in total. The molecule has 2 rings (SSSR count). The van der Waals surface area contributed by atoms with Crippen molar-refractivity contribution < 1.29 is 39.9 Å². The van der Waals surface area contributed by atoms with Gasteiger partial charge >= 0.3 is 11.4 Å². The maximum absolute atomic E-state index is 12.1. The Hall–Kier alpha value is -6.16. The van der Waals surface area contributed by atoms with Crippen LogP contribution in [0, 0.1) is 42.9 Å². The molecule has 0 fully saturated rings. The molecule has 0 aliphatic heterocycles. The molecule has 16 nitrogen and oxygen atoms in total. The van der Waals surface area contributed by atoms with Crippen molar-refractivity contribution >= 4 is 35.3 Å². The fourth-order valence-electron chi connectivity index (χ4n) is 3.68. The summed E-state index contributed by atoms with van der Waals surface area (Å²) in [5.74, 6) is -4.15. The number of nitro benzene ring substituents is 2. The lowest BCUT2D eigenvalue weighted by atomic mass is 10.1. The number of carbonyl (C=O) groups is 2. The minimum Gasteiger partial charge on any atom is -0.504 e. The zero-order chi connectivity index (χ0) is 33.7. The van der Waals surface area contributed by atoms with E-state index in [0.717, 1.165) is 36.4 Å². The van der Waals surface area contributed by atoms with Crippen LogP contribution in [0.1, 0.15) is 38.8 Å². The first-order valence-corrected chi connectivity index (χ1v) is 12.9. The maximum atomic E-state index is 12.1. The molecule has 0 radical (unpaired) electrons. The quantitative estimate of drug-likeness (QED) is 0.0990. The molecule has 0 spiro atoms. The average Bonchev–Trinajstić information content (AvgIpc) is 2.98. The van der Waals surface area contributed by atoms with Crippen molar-refractivity contribution in [3.8, 4) is 35.1 Å². The molecule has 2 amide bonds. The maximum Gasteiger partial charge on any atom is 0.315 e. The molecule has 0 aromatic heterocycles. The number of benzene rings is 2. The van der Waals surface area contributed by atoms with E-state index in [1.807, 2.05) is 0 Å². The molecule has 0 unspecified atom stereocenters. The van der Waals surface area contributed by atoms with Gasteiger partial charge in [0.05, 0.1) is 9.85 Å². The van der Waals surface area contributed by atoms with E-state index >= 15 is 0 Å². The zero-order valence-electron chi connectivity index (χ0n) is 24.2. The third-order valence-corrected chi connectivity index (χ3v) is 6.00. The van der Waals surface area contributed by atoms with Gasteiger partial charge in [-0.25, -0.2) is 0 Å². The fraction of sp³-hybridized carbons (Fsp3) is 0.286. The van der Waals surface area contributed by atoms with Crippen LogP contribution in [0.5, 0.6) is 23.0 Å². The molecule has 0 aliphatic carbocycles. The molecule has 2 aromatic carbocycles. The predicted molar refractivity (Wildman–Crippen MR) is 156 cm³/mol. The number of nitrogens with zero attached hydrogens (tertiary/aromatic N) is 6. The number of carbonyl (C=O) groups excluding carboxylic acids is 2. The van der Waals surface area contributed by atoms with Gasteiger partial charge in [-0.1, -0.05) is 0 Å². The molecule has 44 heavy (non-hydrogen) atoms. The summed E-state index contributed by atoms with van der Waals surface area (Å²) in [6.07, 6.45) is 2.26. The standard InChI is InChI=1S/2C14H15N3O5/c2*1-3-16(4-2)14(20)10(8-15)5-9-6-11(17(21)22)13(19)12(18)7-9/h2*5-7,18-19H,3-4H2,1-2H3/b10-5+;10-5-. The van der Waals surface area contributed by atoms with Crippen molar-refractivity contribution in [3.05, 3.63) is 66.8 Å². The number of nitro groups is 2. The van der Waals surface area contributed by atoms with E-state index in [2.05, 4.69) is 0 Å². The number of hydrogen-bond donors (Lipinski definition) is 4. The Labute approximate surface area is 251 Å². The lowest BCUT2D eigenvalue weighted by Crippen LogP contribution is -2.31. The Morgan fingerprint density at radius 1 is 0.705 bits per heavy atom. The first kappa shape index (κ1) is 35.9. The molecule has 16 heteroatoms. The highest BCUT2D eigenvalue weighted by atomic mass is 16.6. The van der Waals surface area contributed by atoms with Crippen molar-refractivity contribution in [1.82, 2.24) is 9.80 Å². The lowest BCUT2D eigenvalue weighted by molar-refractivity contribution is -0.386. The van der Waals surface area contributed by atoms with Crippen molar-refractivity contribution in [3.63, 3.8) is 0 Å². The Morgan fingerprint density at radius 2 is 1.00 bits per heavy atom. The topological polar surface area (TPSA) is 255 Å². The zero-order valence-corrected chi connectivity index (χ0v) is 24.2. The summed E-state index contributed by atoms with van der Waals surface area (Å²) in [5.41, 5.74) is -1.72. The van der Waals surface area contributed by atoms with Crippen LogP contribution in [0.2, 0.25) is 0 Å². The molecule has 2 aromatic rings. The Bertz CT molecular complexity index is 1460. The first-order chi connectivity index (χ1) is 20.7. The van der Waals surface area contributed by atoms with Gasteiger partial charge in [0, 0.05) is 38.3 Å². The first-order valence-electron chi connectivity index (χ1n) is 12.9. The Morgan fingerprint density at radius 3 is 1.23 bits per heavy atom. The molecule has 0 aliphatic rings. The summed E-state index contributed by atoms with van der Waals surface area (Å²) in [4.78, 5) is 46.9. The van der Waals surface area contributed by atoms with Gasteiger partial charge < -0.3 is 30.2 Å². The summed E-state index contributed by atoms with van der Waals surface area (Å²) in [5, 5.41) is 77.6. The minimum atomic E-state index is -0.870. The van der Waals surface area contributed by atoms with Crippen molar-refractivity contribution in [2.24, 2.45) is 0 Å². The van der Waals surface area contributed by atoms with Gasteiger partial charge in [-0.2, -0.15) is 10.5 Å². The SMILES string of the molecule is CCN(CC)C(=O)/C(C#N)=C/c1cc(O)c(O)c([N+](=O)[O-])c1.CCN(CC)C(=O)/C(C#N)=C\c1cc(O)c(O)c([N+](=O)[O-])c1. The normalized spacial score (nSPS) is 10.9. The van der Waals surface area contributed by atoms with Gasteiger partial charge in [0.25, 0.3) is 11.8 Å². The number of hydrogen-bond acceptors (Lipinski definition) is 12. The molecule has 0 bridgehead atoms. The van der Waals surface area contributed by atoms with Gasteiger partial charge in [0.1, 0.15) is 23.3 Å². The number of likely N-dealkylation sites (N-methyl/N-ethyl adjacent to an activating group) is 2. The van der Waals surface area contributed by atoms with E-state index < -0.39 is 56.0 Å². The van der Waals surface area contributed by atoms with Crippen molar-refractivity contribution in [2.75, 3.05) is 26.2 Å². The third kappa shape index (κ3) is 8.92. The van der Waals surface area contributed by atoms with Gasteiger partial charge in [0.15, 0.2) is 11.5 Å². The molecule has 232 valence electrons. The highest BCUT2D eigenvalue weighted by Gasteiger charge is 2.22. The third-order valence-electron chi connectivity index (χ3n) is 6.00. The highest BCUT2D eigenvalue weighted by molar-refractivity contribution is 6.02. The number of aromatic hydroxyl groups is 4. The number of amides is 2.